The molecule has 0 amide bonds. The Morgan fingerprint density at radius 1 is 0.590 bits per heavy atom. The van der Waals surface area contributed by atoms with Gasteiger partial charge < -0.3 is 41.7 Å². The van der Waals surface area contributed by atoms with E-state index in [1.165, 1.54) is 0 Å². The number of hydrogen-bond acceptors (Lipinski definition) is 8. The molecule has 0 aliphatic carbocycles. The van der Waals surface area contributed by atoms with E-state index in [1.54, 1.807) is 72.8 Å². The standard InChI is InChI=1S/C29H28N4O5.ClH/c30-15-22-1-7-27(8-2-22)36-14-13-33(18-25(34)20-37-28-9-3-23(16-31)4-10-28)19-26(35)21-38-29-11-5-24(17-32)6-12-29;/h1-12,25-26,34-35H,13-14,18-21H2;1H. The number of aliphatic hydroxyl groups excluding tert-OH is 2. The van der Waals surface area contributed by atoms with E-state index in [2.05, 4.69) is 6.07 Å². The van der Waals surface area contributed by atoms with Gasteiger partial charge in [-0.15, -0.1) is 0 Å². The lowest BCUT2D eigenvalue weighted by Gasteiger charge is -2.25. The normalized spacial score (nSPS) is 12.4. The summed E-state index contributed by atoms with van der Waals surface area (Å²) in [4.78, 5) is 0.880. The van der Waals surface area contributed by atoms with Gasteiger partial charge in [0.2, 0.25) is 0 Å². The van der Waals surface area contributed by atoms with Gasteiger partial charge in [-0.05, 0) is 72.8 Å². The zero-order valence-electron chi connectivity index (χ0n) is 21.2. The second kappa shape index (κ2) is 16.5. The number of halogens is 1. The van der Waals surface area contributed by atoms with E-state index >= 15 is 0 Å². The predicted molar refractivity (Wildman–Crippen MR) is 138 cm³/mol. The second-order valence-corrected chi connectivity index (χ2v) is 8.59. The fraction of sp³-hybridized carbons (Fsp3) is 0.276. The highest BCUT2D eigenvalue weighted by atomic mass is 35.5. The molecule has 0 heterocycles. The lowest BCUT2D eigenvalue weighted by atomic mass is 10.2. The Morgan fingerprint density at radius 2 is 0.923 bits per heavy atom. The van der Waals surface area contributed by atoms with Crippen LogP contribution < -0.4 is 31.5 Å². The first-order chi connectivity index (χ1) is 18.5. The number of benzene rings is 3. The monoisotopic (exact) mass is 548 g/mol. The zero-order chi connectivity index (χ0) is 27.2. The second-order valence-electron chi connectivity index (χ2n) is 8.59. The van der Waals surface area contributed by atoms with Crippen LogP contribution in [0.1, 0.15) is 16.7 Å². The third-order valence-corrected chi connectivity index (χ3v) is 5.61. The molecule has 3 rings (SSSR count). The molecular formula is C29H29ClN4O5. The minimum atomic E-state index is -0.817. The van der Waals surface area contributed by atoms with Crippen molar-refractivity contribution in [3.05, 3.63) is 89.5 Å². The van der Waals surface area contributed by atoms with Crippen molar-refractivity contribution < 1.29 is 41.7 Å². The first kappa shape index (κ1) is 30.9. The van der Waals surface area contributed by atoms with Gasteiger partial charge in [0.15, 0.2) is 0 Å². The summed E-state index contributed by atoms with van der Waals surface area (Å²) in [6.45, 7) is 1.49. The number of nitrogens with zero attached hydrogens (tertiary/aromatic N) is 3. The molecule has 0 saturated heterocycles. The molecule has 0 aliphatic heterocycles. The van der Waals surface area contributed by atoms with Crippen LogP contribution in [0.3, 0.4) is 0 Å². The van der Waals surface area contributed by atoms with Crippen molar-refractivity contribution in [2.45, 2.75) is 12.2 Å². The van der Waals surface area contributed by atoms with E-state index in [9.17, 15) is 10.2 Å². The van der Waals surface area contributed by atoms with Gasteiger partial charge in [-0.2, -0.15) is 15.8 Å². The number of quaternary nitrogens is 1. The lowest BCUT2D eigenvalue weighted by molar-refractivity contribution is -0.906. The average Bonchev–Trinajstić information content (AvgIpc) is 2.95. The number of ether oxygens (including phenoxy) is 3. The minimum Gasteiger partial charge on any atom is -1.00 e. The topological polar surface area (TPSA) is 144 Å². The number of rotatable bonds is 14. The van der Waals surface area contributed by atoms with Crippen LogP contribution in [-0.2, 0) is 0 Å². The Bertz CT molecular complexity index is 1200. The summed E-state index contributed by atoms with van der Waals surface area (Å²) in [5.74, 6) is 1.71. The molecule has 2 unspecified atom stereocenters. The minimum absolute atomic E-state index is 0. The summed E-state index contributed by atoms with van der Waals surface area (Å²) in [6, 6.07) is 26.2. The summed E-state index contributed by atoms with van der Waals surface area (Å²) in [5, 5.41) is 48.0. The summed E-state index contributed by atoms with van der Waals surface area (Å²) < 4.78 is 17.1. The molecular weight excluding hydrogens is 520 g/mol. The lowest BCUT2D eigenvalue weighted by Crippen LogP contribution is -3.15. The van der Waals surface area contributed by atoms with Crippen LogP contribution in [0.15, 0.2) is 72.8 Å². The van der Waals surface area contributed by atoms with Crippen LogP contribution in [0.25, 0.3) is 0 Å². The summed E-state index contributed by atoms with van der Waals surface area (Å²) in [7, 11) is 0. The molecule has 0 saturated carbocycles. The summed E-state index contributed by atoms with van der Waals surface area (Å²) in [5.41, 5.74) is 1.58. The molecule has 0 fully saturated rings. The molecule has 3 N–H and O–H groups in total. The van der Waals surface area contributed by atoms with Crippen molar-refractivity contribution >= 4 is 0 Å². The van der Waals surface area contributed by atoms with Crippen molar-refractivity contribution in [2.75, 3.05) is 39.5 Å². The number of aliphatic hydroxyl groups is 2. The third kappa shape index (κ3) is 10.9. The van der Waals surface area contributed by atoms with E-state index in [0.29, 0.717) is 60.2 Å². The Hall–Kier alpha value is -4.30. The van der Waals surface area contributed by atoms with Crippen molar-refractivity contribution in [2.24, 2.45) is 0 Å². The Labute approximate surface area is 234 Å². The van der Waals surface area contributed by atoms with E-state index in [4.69, 9.17) is 30.0 Å². The molecule has 9 nitrogen and oxygen atoms in total. The van der Waals surface area contributed by atoms with Gasteiger partial charge in [0.25, 0.3) is 0 Å². The first-order valence-corrected chi connectivity index (χ1v) is 12.1. The molecule has 0 bridgehead atoms. The third-order valence-electron chi connectivity index (χ3n) is 5.61. The molecule has 10 heteroatoms. The average molecular weight is 549 g/mol. The quantitative estimate of drug-likeness (QED) is 0.220. The molecule has 39 heavy (non-hydrogen) atoms. The fourth-order valence-corrected chi connectivity index (χ4v) is 3.65. The fourth-order valence-electron chi connectivity index (χ4n) is 3.65. The highest BCUT2D eigenvalue weighted by Crippen LogP contribution is 2.13. The Balaban J connectivity index is 0.00000533. The SMILES string of the molecule is N#Cc1ccc(OCC[NH+](CC(O)COc2ccc(C#N)cc2)CC(O)COc2ccc(C#N)cc2)cc1.[Cl-]. The maximum absolute atomic E-state index is 10.6. The van der Waals surface area contributed by atoms with Crippen LogP contribution in [0.2, 0.25) is 0 Å². The molecule has 0 aromatic heterocycles. The number of nitriles is 3. The van der Waals surface area contributed by atoms with Gasteiger partial charge in [0.05, 0.1) is 34.9 Å². The van der Waals surface area contributed by atoms with E-state index in [-0.39, 0.29) is 25.6 Å². The van der Waals surface area contributed by atoms with E-state index in [1.807, 2.05) is 12.1 Å². The number of nitrogens with one attached hydrogen (secondary N) is 1. The van der Waals surface area contributed by atoms with Gasteiger partial charge in [-0.1, -0.05) is 0 Å². The highest BCUT2D eigenvalue weighted by molar-refractivity contribution is 5.36. The van der Waals surface area contributed by atoms with Crippen LogP contribution >= 0.6 is 0 Å². The molecule has 0 spiro atoms. The molecule has 0 aliphatic rings. The van der Waals surface area contributed by atoms with Gasteiger partial charge in [0, 0.05) is 0 Å². The van der Waals surface area contributed by atoms with E-state index < -0.39 is 12.2 Å². The van der Waals surface area contributed by atoms with Crippen molar-refractivity contribution in [3.8, 4) is 35.5 Å². The molecule has 2 atom stereocenters. The largest absolute Gasteiger partial charge is 1.00 e. The van der Waals surface area contributed by atoms with E-state index in [0.717, 1.165) is 4.90 Å². The Kier molecular flexibility index (Phi) is 13.1. The smallest absolute Gasteiger partial charge is 0.137 e. The van der Waals surface area contributed by atoms with Gasteiger partial charge in [-0.25, -0.2) is 0 Å². The van der Waals surface area contributed by atoms with Crippen LogP contribution in [0.5, 0.6) is 17.2 Å². The van der Waals surface area contributed by atoms with Crippen molar-refractivity contribution in [1.82, 2.24) is 0 Å². The predicted octanol–water partition coefficient (Wildman–Crippen LogP) is -1.55. The van der Waals surface area contributed by atoms with Crippen LogP contribution in [0.4, 0.5) is 0 Å². The van der Waals surface area contributed by atoms with Gasteiger partial charge in [-0.3, -0.25) is 0 Å². The molecule has 3 aromatic carbocycles. The highest BCUT2D eigenvalue weighted by Gasteiger charge is 2.20. The Morgan fingerprint density at radius 3 is 1.26 bits per heavy atom. The van der Waals surface area contributed by atoms with Gasteiger partial charge >= 0.3 is 0 Å². The first-order valence-electron chi connectivity index (χ1n) is 12.1. The van der Waals surface area contributed by atoms with Crippen molar-refractivity contribution in [1.29, 1.82) is 15.8 Å². The molecule has 3 aromatic rings. The summed E-state index contributed by atoms with van der Waals surface area (Å²) >= 11 is 0. The summed E-state index contributed by atoms with van der Waals surface area (Å²) in [6.07, 6.45) is -1.63. The van der Waals surface area contributed by atoms with Crippen molar-refractivity contribution in [3.63, 3.8) is 0 Å². The number of hydrogen-bond donors (Lipinski definition) is 3. The zero-order valence-corrected chi connectivity index (χ0v) is 21.9. The molecule has 0 radical (unpaired) electrons. The molecule has 202 valence electrons. The maximum atomic E-state index is 10.6. The van der Waals surface area contributed by atoms with Crippen LogP contribution in [0, 0.1) is 34.0 Å². The maximum Gasteiger partial charge on any atom is 0.137 e. The van der Waals surface area contributed by atoms with Crippen LogP contribution in [-0.4, -0.2) is 61.9 Å². The van der Waals surface area contributed by atoms with Gasteiger partial charge in [0.1, 0.15) is 68.9 Å².